The number of anilines is 1. The Morgan fingerprint density at radius 3 is 2.89 bits per heavy atom. The molecule has 0 radical (unpaired) electrons. The molecule has 2 heterocycles. The minimum Gasteiger partial charge on any atom is -0.324 e. The fraction of sp³-hybridized carbons (Fsp3) is 0.278. The Balaban J connectivity index is 1.68. The van der Waals surface area contributed by atoms with Crippen molar-refractivity contribution in [2.45, 2.75) is 25.4 Å². The lowest BCUT2D eigenvalue weighted by atomic mass is 10.1. The molecule has 0 saturated carbocycles. The molecule has 1 amide bonds. The van der Waals surface area contributed by atoms with Gasteiger partial charge in [0, 0.05) is 27.3 Å². The van der Waals surface area contributed by atoms with Gasteiger partial charge in [-0.1, -0.05) is 46.2 Å². The molecule has 1 aromatic carbocycles. The van der Waals surface area contributed by atoms with E-state index in [0.717, 1.165) is 22.3 Å². The number of nitrogens with zero attached hydrogens (tertiary/aromatic N) is 3. The number of hydrogen-bond acceptors (Lipinski definition) is 5. The van der Waals surface area contributed by atoms with Crippen LogP contribution in [0.3, 0.4) is 0 Å². The fourth-order valence-corrected chi connectivity index (χ4v) is 5.06. The zero-order valence-electron chi connectivity index (χ0n) is 15.0. The van der Waals surface area contributed by atoms with Gasteiger partial charge < -0.3 is 9.88 Å². The van der Waals surface area contributed by atoms with E-state index in [-0.39, 0.29) is 11.7 Å². The molecule has 142 valence electrons. The molecule has 0 unspecified atom stereocenters. The SMILES string of the molecule is CCc1c(-c2nnc(SCC(=O)Nc3ccc(Br)cc3Cl)n2C)csc1C. The van der Waals surface area contributed by atoms with Crippen LogP contribution in [-0.2, 0) is 18.3 Å². The number of nitrogens with one attached hydrogen (secondary N) is 1. The molecule has 0 spiro atoms. The summed E-state index contributed by atoms with van der Waals surface area (Å²) in [6.07, 6.45) is 0.955. The van der Waals surface area contributed by atoms with Gasteiger partial charge in [0.1, 0.15) is 0 Å². The van der Waals surface area contributed by atoms with Gasteiger partial charge in [-0.3, -0.25) is 4.79 Å². The quantitative estimate of drug-likeness (QED) is 0.464. The molecule has 1 N–H and O–H groups in total. The lowest BCUT2D eigenvalue weighted by Gasteiger charge is -2.08. The summed E-state index contributed by atoms with van der Waals surface area (Å²) in [7, 11) is 1.92. The van der Waals surface area contributed by atoms with Crippen molar-refractivity contribution in [2.24, 2.45) is 7.05 Å². The second kappa shape index (κ2) is 8.77. The predicted molar refractivity (Wildman–Crippen MR) is 117 cm³/mol. The number of thioether (sulfide) groups is 1. The highest BCUT2D eigenvalue weighted by Crippen LogP contribution is 2.32. The Kier molecular flexibility index (Phi) is 6.62. The molecule has 0 bridgehead atoms. The number of hydrogen-bond donors (Lipinski definition) is 1. The first-order valence-electron chi connectivity index (χ1n) is 8.25. The molecule has 9 heteroatoms. The fourth-order valence-electron chi connectivity index (χ4n) is 2.69. The lowest BCUT2D eigenvalue weighted by molar-refractivity contribution is -0.113. The molecule has 3 aromatic rings. The summed E-state index contributed by atoms with van der Waals surface area (Å²) in [5.41, 5.74) is 3.01. The molecule has 5 nitrogen and oxygen atoms in total. The molecule has 27 heavy (non-hydrogen) atoms. The normalized spacial score (nSPS) is 11.0. The standard InChI is InChI=1S/C18H18BrClN4OS2/c1-4-12-10(2)26-8-13(12)17-22-23-18(24(17)3)27-9-16(25)21-15-6-5-11(19)7-14(15)20/h5-8H,4,9H2,1-3H3,(H,21,25). The third-order valence-corrected chi connectivity index (χ3v) is 6.85. The second-order valence-corrected chi connectivity index (χ2v) is 9.21. The second-order valence-electron chi connectivity index (χ2n) is 5.86. The van der Waals surface area contributed by atoms with E-state index in [1.54, 1.807) is 23.5 Å². The number of aryl methyl sites for hydroxylation is 1. The average Bonchev–Trinajstić information content (AvgIpc) is 3.17. The highest BCUT2D eigenvalue weighted by Gasteiger charge is 2.17. The Bertz CT molecular complexity index is 986. The van der Waals surface area contributed by atoms with Crippen LogP contribution in [0, 0.1) is 6.92 Å². The summed E-state index contributed by atoms with van der Waals surface area (Å²) >= 11 is 12.6. The number of thiophene rings is 1. The Morgan fingerprint density at radius 2 is 2.19 bits per heavy atom. The van der Waals surface area contributed by atoms with Gasteiger partial charge in [0.25, 0.3) is 0 Å². The average molecular weight is 486 g/mol. The Morgan fingerprint density at radius 1 is 1.41 bits per heavy atom. The van der Waals surface area contributed by atoms with E-state index in [9.17, 15) is 4.79 Å². The summed E-state index contributed by atoms with van der Waals surface area (Å²) in [5.74, 6) is 0.909. The van der Waals surface area contributed by atoms with Crippen LogP contribution in [0.15, 0.2) is 33.2 Å². The van der Waals surface area contributed by atoms with Crippen LogP contribution in [0.2, 0.25) is 5.02 Å². The van der Waals surface area contributed by atoms with Crippen molar-refractivity contribution in [2.75, 3.05) is 11.1 Å². The summed E-state index contributed by atoms with van der Waals surface area (Å²) in [4.78, 5) is 13.6. The zero-order valence-corrected chi connectivity index (χ0v) is 19.0. The number of aromatic nitrogens is 3. The number of carbonyl (C=O) groups excluding carboxylic acids is 1. The molecule has 0 aliphatic rings. The smallest absolute Gasteiger partial charge is 0.234 e. The van der Waals surface area contributed by atoms with E-state index in [0.29, 0.717) is 15.9 Å². The maximum atomic E-state index is 12.3. The Labute approximate surface area is 179 Å². The van der Waals surface area contributed by atoms with Gasteiger partial charge in [0.05, 0.1) is 16.5 Å². The summed E-state index contributed by atoms with van der Waals surface area (Å²) in [5, 5.41) is 14.7. The largest absolute Gasteiger partial charge is 0.324 e. The third kappa shape index (κ3) is 4.56. The molecule has 0 atom stereocenters. The van der Waals surface area contributed by atoms with E-state index < -0.39 is 0 Å². The van der Waals surface area contributed by atoms with Crippen molar-refractivity contribution < 1.29 is 4.79 Å². The van der Waals surface area contributed by atoms with E-state index >= 15 is 0 Å². The highest BCUT2D eigenvalue weighted by atomic mass is 79.9. The molecule has 0 aliphatic heterocycles. The van der Waals surface area contributed by atoms with Gasteiger partial charge in [-0.2, -0.15) is 0 Å². The highest BCUT2D eigenvalue weighted by molar-refractivity contribution is 9.10. The minimum absolute atomic E-state index is 0.144. The zero-order chi connectivity index (χ0) is 19.6. The summed E-state index contributed by atoms with van der Waals surface area (Å²) in [6.45, 7) is 4.26. The van der Waals surface area contributed by atoms with E-state index in [4.69, 9.17) is 11.6 Å². The van der Waals surface area contributed by atoms with Gasteiger partial charge in [0.2, 0.25) is 5.91 Å². The topological polar surface area (TPSA) is 59.8 Å². The summed E-state index contributed by atoms with van der Waals surface area (Å²) in [6, 6.07) is 5.34. The molecule has 3 rings (SSSR count). The van der Waals surface area contributed by atoms with E-state index in [1.807, 2.05) is 17.7 Å². The van der Waals surface area contributed by atoms with Crippen molar-refractivity contribution >= 4 is 62.2 Å². The molecule has 0 saturated heterocycles. The first-order valence-corrected chi connectivity index (χ1v) is 11.3. The summed E-state index contributed by atoms with van der Waals surface area (Å²) < 4.78 is 2.80. The van der Waals surface area contributed by atoms with Gasteiger partial charge in [-0.15, -0.1) is 21.5 Å². The Hall–Kier alpha value is -1.35. The van der Waals surface area contributed by atoms with Gasteiger partial charge in [0.15, 0.2) is 11.0 Å². The van der Waals surface area contributed by atoms with Crippen molar-refractivity contribution in [1.29, 1.82) is 0 Å². The van der Waals surface area contributed by atoms with Crippen LogP contribution in [0.4, 0.5) is 5.69 Å². The van der Waals surface area contributed by atoms with Crippen molar-refractivity contribution in [3.63, 3.8) is 0 Å². The monoisotopic (exact) mass is 484 g/mol. The van der Waals surface area contributed by atoms with Gasteiger partial charge in [-0.05, 0) is 37.1 Å². The van der Waals surface area contributed by atoms with Crippen LogP contribution in [-0.4, -0.2) is 26.4 Å². The van der Waals surface area contributed by atoms with Gasteiger partial charge >= 0.3 is 0 Å². The maximum absolute atomic E-state index is 12.3. The first kappa shape index (κ1) is 20.4. The number of rotatable bonds is 6. The van der Waals surface area contributed by atoms with Crippen LogP contribution < -0.4 is 5.32 Å². The third-order valence-electron chi connectivity index (χ3n) is 4.07. The molecular formula is C18H18BrClN4OS2. The minimum atomic E-state index is -0.144. The van der Waals surface area contributed by atoms with E-state index in [2.05, 4.69) is 50.7 Å². The lowest BCUT2D eigenvalue weighted by Crippen LogP contribution is -2.14. The number of carbonyl (C=O) groups is 1. The van der Waals surface area contributed by atoms with E-state index in [1.165, 1.54) is 22.2 Å². The first-order chi connectivity index (χ1) is 12.9. The van der Waals surface area contributed by atoms with Crippen molar-refractivity contribution in [3.05, 3.63) is 43.5 Å². The van der Waals surface area contributed by atoms with Crippen LogP contribution in [0.25, 0.3) is 11.4 Å². The molecular weight excluding hydrogens is 468 g/mol. The number of benzene rings is 1. The maximum Gasteiger partial charge on any atom is 0.234 e. The molecule has 2 aromatic heterocycles. The molecule has 0 aliphatic carbocycles. The van der Waals surface area contributed by atoms with Gasteiger partial charge in [-0.25, -0.2) is 0 Å². The number of amides is 1. The van der Waals surface area contributed by atoms with Crippen molar-refractivity contribution in [1.82, 2.24) is 14.8 Å². The number of halogens is 2. The van der Waals surface area contributed by atoms with Crippen LogP contribution in [0.5, 0.6) is 0 Å². The predicted octanol–water partition coefficient (Wildman–Crippen LogP) is 5.56. The molecule has 0 fully saturated rings. The van der Waals surface area contributed by atoms with Crippen LogP contribution in [0.1, 0.15) is 17.4 Å². The van der Waals surface area contributed by atoms with Crippen LogP contribution >= 0.6 is 50.6 Å². The van der Waals surface area contributed by atoms with Crippen molar-refractivity contribution in [3.8, 4) is 11.4 Å².